The van der Waals surface area contributed by atoms with Crippen LogP contribution in [0.2, 0.25) is 0 Å². The number of benzene rings is 2. The highest BCUT2D eigenvalue weighted by Gasteiger charge is 2.37. The Morgan fingerprint density at radius 1 is 1.00 bits per heavy atom. The fourth-order valence-electron chi connectivity index (χ4n) is 5.89. The first kappa shape index (κ1) is 33.7. The largest absolute Gasteiger partial charge is 0.390 e. The Hall–Kier alpha value is -3.63. The third-order valence-corrected chi connectivity index (χ3v) is 9.67. The standard InChI is InChI=1S/C37H45N5O3S/c1-37(2,3)41-36(45)33-21-29(46-25-27-12-9-18-38-22-27)17-19-42(33)24-35(44)32(20-26-10-5-4-6-11-26)39-23-34(43)31-16-15-28-13-7-8-14-30(28)40-31/h4-16,18,22,29,32-33,35,39,44H,17,19-21,23-25H2,1-3H3,(H,41,45). The van der Waals surface area contributed by atoms with Gasteiger partial charge in [-0.1, -0.05) is 60.7 Å². The number of hydrogen-bond donors (Lipinski definition) is 3. The van der Waals surface area contributed by atoms with Gasteiger partial charge in [-0.25, -0.2) is 4.98 Å². The number of hydrogen-bond acceptors (Lipinski definition) is 8. The predicted octanol–water partition coefficient (Wildman–Crippen LogP) is 5.06. The number of pyridine rings is 2. The molecule has 0 bridgehead atoms. The first-order valence-electron chi connectivity index (χ1n) is 16.1. The van der Waals surface area contributed by atoms with Crippen molar-refractivity contribution in [2.45, 2.75) is 74.8 Å². The molecule has 8 nitrogen and oxygen atoms in total. The number of nitrogens with one attached hydrogen (secondary N) is 2. The molecule has 4 atom stereocenters. The minimum atomic E-state index is -0.817. The molecule has 1 amide bonds. The normalized spacial score (nSPS) is 18.6. The van der Waals surface area contributed by atoms with E-state index in [1.165, 1.54) is 5.56 Å². The van der Waals surface area contributed by atoms with Gasteiger partial charge in [-0.15, -0.1) is 0 Å². The number of rotatable bonds is 13. The maximum atomic E-state index is 13.6. The van der Waals surface area contributed by atoms with Crippen LogP contribution in [0.25, 0.3) is 10.9 Å². The lowest BCUT2D eigenvalue weighted by Gasteiger charge is -2.41. The second-order valence-corrected chi connectivity index (χ2v) is 14.4. The zero-order valence-corrected chi connectivity index (χ0v) is 27.7. The minimum absolute atomic E-state index is 0.0171. The summed E-state index contributed by atoms with van der Waals surface area (Å²) in [6, 6.07) is 24.6. The van der Waals surface area contributed by atoms with Crippen LogP contribution in [0.1, 0.15) is 55.2 Å². The molecule has 1 fully saturated rings. The van der Waals surface area contributed by atoms with Gasteiger partial charge in [0.25, 0.3) is 0 Å². The van der Waals surface area contributed by atoms with Crippen LogP contribution < -0.4 is 10.6 Å². The van der Waals surface area contributed by atoms with Crippen molar-refractivity contribution < 1.29 is 14.7 Å². The summed E-state index contributed by atoms with van der Waals surface area (Å²) in [7, 11) is 0. The highest BCUT2D eigenvalue weighted by molar-refractivity contribution is 7.99. The molecule has 0 radical (unpaired) electrons. The van der Waals surface area contributed by atoms with E-state index in [0.29, 0.717) is 36.9 Å². The number of Topliss-reactive ketones (excluding diaryl/α,β-unsaturated/α-hetero) is 1. The van der Waals surface area contributed by atoms with E-state index in [9.17, 15) is 14.7 Å². The smallest absolute Gasteiger partial charge is 0.237 e. The van der Waals surface area contributed by atoms with Crippen molar-refractivity contribution in [3.63, 3.8) is 0 Å². The number of piperidine rings is 1. The number of para-hydroxylation sites is 1. The molecule has 5 rings (SSSR count). The topological polar surface area (TPSA) is 107 Å². The summed E-state index contributed by atoms with van der Waals surface area (Å²) in [6.45, 7) is 7.02. The fourth-order valence-corrected chi connectivity index (χ4v) is 7.08. The molecule has 0 aliphatic carbocycles. The number of carbonyl (C=O) groups is 2. The van der Waals surface area contributed by atoms with Crippen molar-refractivity contribution in [2.75, 3.05) is 19.6 Å². The Labute approximate surface area is 276 Å². The molecular weight excluding hydrogens is 595 g/mol. The van der Waals surface area contributed by atoms with E-state index in [4.69, 9.17) is 0 Å². The van der Waals surface area contributed by atoms with Gasteiger partial charge in [0.15, 0.2) is 5.78 Å². The number of likely N-dealkylation sites (tertiary alicyclic amines) is 1. The van der Waals surface area contributed by atoms with Gasteiger partial charge in [-0.05, 0) is 69.4 Å². The van der Waals surface area contributed by atoms with Crippen LogP contribution in [0.3, 0.4) is 0 Å². The average Bonchev–Trinajstić information content (AvgIpc) is 3.05. The van der Waals surface area contributed by atoms with Crippen LogP contribution in [0.5, 0.6) is 0 Å². The van der Waals surface area contributed by atoms with E-state index in [0.717, 1.165) is 28.6 Å². The molecule has 46 heavy (non-hydrogen) atoms. The van der Waals surface area contributed by atoms with E-state index in [-0.39, 0.29) is 29.8 Å². The maximum Gasteiger partial charge on any atom is 0.237 e. The van der Waals surface area contributed by atoms with Gasteiger partial charge in [0.1, 0.15) is 5.69 Å². The first-order chi connectivity index (χ1) is 22.1. The number of ketones is 1. The second-order valence-electron chi connectivity index (χ2n) is 13.1. The van der Waals surface area contributed by atoms with Crippen LogP contribution >= 0.6 is 11.8 Å². The summed E-state index contributed by atoms with van der Waals surface area (Å²) in [5.41, 5.74) is 3.03. The molecule has 1 aliphatic rings. The van der Waals surface area contributed by atoms with Crippen LogP contribution in [0.15, 0.2) is 91.3 Å². The van der Waals surface area contributed by atoms with Crippen molar-refractivity contribution in [3.05, 3.63) is 108 Å². The quantitative estimate of drug-likeness (QED) is 0.175. The number of β-amino-alcohol motifs (C(OH)–C–C–N with tert-alkyl or cyclic N) is 1. The van der Waals surface area contributed by atoms with Crippen molar-refractivity contribution in [3.8, 4) is 0 Å². The van der Waals surface area contributed by atoms with Gasteiger partial charge < -0.3 is 15.7 Å². The highest BCUT2D eigenvalue weighted by atomic mass is 32.2. The van der Waals surface area contributed by atoms with Gasteiger partial charge in [-0.3, -0.25) is 19.5 Å². The maximum absolute atomic E-state index is 13.6. The Bertz CT molecular complexity index is 1580. The van der Waals surface area contributed by atoms with Gasteiger partial charge in [-0.2, -0.15) is 11.8 Å². The molecule has 0 saturated carbocycles. The number of nitrogens with zero attached hydrogens (tertiary/aromatic N) is 3. The first-order valence-corrected chi connectivity index (χ1v) is 17.1. The number of carbonyl (C=O) groups excluding carboxylic acids is 2. The zero-order valence-electron chi connectivity index (χ0n) is 26.9. The lowest BCUT2D eigenvalue weighted by molar-refractivity contribution is -0.129. The van der Waals surface area contributed by atoms with Crippen LogP contribution in [0.4, 0.5) is 0 Å². The van der Waals surface area contributed by atoms with Crippen LogP contribution in [-0.4, -0.2) is 80.3 Å². The molecule has 4 unspecified atom stereocenters. The molecule has 3 heterocycles. The molecule has 1 saturated heterocycles. The predicted molar refractivity (Wildman–Crippen MR) is 186 cm³/mol. The molecule has 0 spiro atoms. The van der Waals surface area contributed by atoms with E-state index < -0.39 is 12.1 Å². The molecule has 4 aromatic rings. The van der Waals surface area contributed by atoms with E-state index in [1.54, 1.807) is 12.3 Å². The van der Waals surface area contributed by atoms with Gasteiger partial charge in [0, 0.05) is 53.5 Å². The molecular formula is C37H45N5O3S. The number of fused-ring (bicyclic) bond motifs is 1. The van der Waals surface area contributed by atoms with Crippen molar-refractivity contribution >= 4 is 34.4 Å². The summed E-state index contributed by atoms with van der Waals surface area (Å²) >= 11 is 1.86. The van der Waals surface area contributed by atoms with Crippen LogP contribution in [0, 0.1) is 0 Å². The molecule has 3 N–H and O–H groups in total. The lowest BCUT2D eigenvalue weighted by Crippen LogP contribution is -2.58. The van der Waals surface area contributed by atoms with Gasteiger partial charge in [0.05, 0.1) is 24.2 Å². The SMILES string of the molecule is CC(C)(C)NC(=O)C1CC(SCc2cccnc2)CCN1CC(O)C(Cc1ccccc1)NCC(=O)c1ccc2ccccc2n1. The second kappa shape index (κ2) is 15.8. The molecule has 2 aromatic heterocycles. The molecule has 1 aliphatic heterocycles. The van der Waals surface area contributed by atoms with Crippen LogP contribution in [-0.2, 0) is 17.0 Å². The summed E-state index contributed by atoms with van der Waals surface area (Å²) in [4.78, 5) is 37.8. The monoisotopic (exact) mass is 639 g/mol. The number of aromatic nitrogens is 2. The van der Waals surface area contributed by atoms with E-state index >= 15 is 0 Å². The summed E-state index contributed by atoms with van der Waals surface area (Å²) in [5.74, 6) is 0.694. The summed E-state index contributed by atoms with van der Waals surface area (Å²) < 4.78 is 0. The number of amides is 1. The van der Waals surface area contributed by atoms with Crippen molar-refractivity contribution in [1.29, 1.82) is 0 Å². The molecule has 9 heteroatoms. The summed E-state index contributed by atoms with van der Waals surface area (Å²) in [6.07, 6.45) is 5.00. The van der Waals surface area contributed by atoms with E-state index in [1.807, 2.05) is 105 Å². The zero-order chi connectivity index (χ0) is 32.5. The van der Waals surface area contributed by atoms with Gasteiger partial charge >= 0.3 is 0 Å². The third kappa shape index (κ3) is 9.69. The van der Waals surface area contributed by atoms with Crippen molar-refractivity contribution in [1.82, 2.24) is 25.5 Å². The Morgan fingerprint density at radius 2 is 1.76 bits per heavy atom. The number of aliphatic hydroxyl groups is 1. The Morgan fingerprint density at radius 3 is 2.52 bits per heavy atom. The lowest BCUT2D eigenvalue weighted by atomic mass is 9.96. The Kier molecular flexibility index (Phi) is 11.6. The number of thioether (sulfide) groups is 1. The van der Waals surface area contributed by atoms with Gasteiger partial charge in [0.2, 0.25) is 5.91 Å². The fraction of sp³-hybridized carbons (Fsp3) is 0.405. The number of aliphatic hydroxyl groups excluding tert-OH is 1. The minimum Gasteiger partial charge on any atom is -0.390 e. The molecule has 242 valence electrons. The Balaban J connectivity index is 1.28. The average molecular weight is 640 g/mol. The van der Waals surface area contributed by atoms with Crippen molar-refractivity contribution in [2.24, 2.45) is 0 Å². The summed E-state index contributed by atoms with van der Waals surface area (Å²) in [5, 5.41) is 19.6. The third-order valence-electron chi connectivity index (χ3n) is 8.27. The highest BCUT2D eigenvalue weighted by Crippen LogP contribution is 2.30. The van der Waals surface area contributed by atoms with E-state index in [2.05, 4.69) is 31.6 Å². The molecule has 2 aromatic carbocycles.